The molecule has 33 heavy (non-hydrogen) atoms. The molecule has 3 N–H and O–H groups in total. The van der Waals surface area contributed by atoms with Crippen molar-refractivity contribution in [2.75, 3.05) is 6.54 Å². The molecule has 3 rings (SSSR count). The van der Waals surface area contributed by atoms with Crippen molar-refractivity contribution < 1.29 is 22.4 Å². The Hall–Kier alpha value is -0.840. The van der Waals surface area contributed by atoms with Crippen molar-refractivity contribution in [3.8, 4) is 0 Å². The summed E-state index contributed by atoms with van der Waals surface area (Å²) in [5.41, 5.74) is 2.49. The van der Waals surface area contributed by atoms with Crippen molar-refractivity contribution in [3.63, 3.8) is 0 Å². The van der Waals surface area contributed by atoms with E-state index in [2.05, 4.69) is 21.1 Å². The van der Waals surface area contributed by atoms with Gasteiger partial charge in [-0.1, -0.05) is 20.3 Å². The number of rotatable bonds is 4. The molecule has 8 atom stereocenters. The van der Waals surface area contributed by atoms with Gasteiger partial charge in [0.1, 0.15) is 18.4 Å². The van der Waals surface area contributed by atoms with Crippen LogP contribution in [0.15, 0.2) is 4.99 Å². The largest absolute Gasteiger partial charge is 0.405 e. The average molecular weight is 518 g/mol. The standard InChI is InChI=1S/C21H33Cl2F4N5O/c1-3-32-18(11(2)17(31-32)21(25,26)27)29-20(28-16-9-14(23)8-15(24)10-16)30-19(33)12-5-4-6-13(22)7-12/h11-18,31H,3-10H2,1-2H3,(H2,28,29,30,33). The van der Waals surface area contributed by atoms with Crippen molar-refractivity contribution in [1.29, 1.82) is 0 Å². The molecule has 0 bridgehead atoms. The van der Waals surface area contributed by atoms with Gasteiger partial charge < -0.3 is 5.32 Å². The quantitative estimate of drug-likeness (QED) is 0.227. The Labute approximate surface area is 202 Å². The van der Waals surface area contributed by atoms with Gasteiger partial charge in [0, 0.05) is 35.2 Å². The zero-order valence-electron chi connectivity index (χ0n) is 18.8. The molecule has 0 aromatic heterocycles. The van der Waals surface area contributed by atoms with Gasteiger partial charge in [0.2, 0.25) is 5.91 Å². The highest BCUT2D eigenvalue weighted by Crippen LogP contribution is 2.34. The summed E-state index contributed by atoms with van der Waals surface area (Å²) in [6.45, 7) is 3.48. The number of nitrogens with one attached hydrogen (secondary N) is 3. The summed E-state index contributed by atoms with van der Waals surface area (Å²) in [6.07, 6.45) is -2.63. The number of amides is 1. The maximum atomic E-state index is 14.1. The van der Waals surface area contributed by atoms with Crippen LogP contribution in [0, 0.1) is 11.8 Å². The Morgan fingerprint density at radius 3 is 2.48 bits per heavy atom. The van der Waals surface area contributed by atoms with E-state index in [1.807, 2.05) is 0 Å². The van der Waals surface area contributed by atoms with Crippen LogP contribution in [0.3, 0.4) is 0 Å². The fourth-order valence-electron chi connectivity index (χ4n) is 4.99. The van der Waals surface area contributed by atoms with E-state index in [0.29, 0.717) is 19.3 Å². The van der Waals surface area contributed by atoms with Crippen molar-refractivity contribution >= 4 is 35.1 Å². The lowest BCUT2D eigenvalue weighted by molar-refractivity contribution is -0.163. The van der Waals surface area contributed by atoms with Crippen LogP contribution in [-0.4, -0.2) is 64.8 Å². The molecule has 0 radical (unpaired) electrons. The maximum absolute atomic E-state index is 14.1. The Balaban J connectivity index is 1.82. The molecule has 12 heteroatoms. The number of halogens is 6. The zero-order valence-corrected chi connectivity index (χ0v) is 20.4. The molecule has 6 nitrogen and oxygen atoms in total. The summed E-state index contributed by atoms with van der Waals surface area (Å²) in [5, 5.41) is 6.79. The van der Waals surface area contributed by atoms with Gasteiger partial charge in [0.15, 0.2) is 5.96 Å². The predicted molar refractivity (Wildman–Crippen MR) is 121 cm³/mol. The van der Waals surface area contributed by atoms with Gasteiger partial charge in [-0.25, -0.2) is 19.8 Å². The first kappa shape index (κ1) is 26.8. The first-order chi connectivity index (χ1) is 15.5. The lowest BCUT2D eigenvalue weighted by atomic mass is 9.88. The van der Waals surface area contributed by atoms with E-state index in [0.717, 1.165) is 12.8 Å². The first-order valence-electron chi connectivity index (χ1n) is 11.6. The number of hydrazine groups is 1. The maximum Gasteiger partial charge on any atom is 0.405 e. The number of hydrogen-bond donors (Lipinski definition) is 3. The number of hydrogen-bond acceptors (Lipinski definition) is 4. The molecule has 1 saturated heterocycles. The second-order valence-corrected chi connectivity index (χ2v) is 10.6. The molecule has 3 fully saturated rings. The molecular weight excluding hydrogens is 485 g/mol. The Morgan fingerprint density at radius 2 is 1.88 bits per heavy atom. The van der Waals surface area contributed by atoms with Gasteiger partial charge in [0.25, 0.3) is 0 Å². The molecule has 0 aromatic carbocycles. The first-order valence-corrected chi connectivity index (χ1v) is 12.5. The monoisotopic (exact) mass is 517 g/mol. The summed E-state index contributed by atoms with van der Waals surface area (Å²) in [6, 6.07) is -2.14. The molecule has 8 unspecified atom stereocenters. The normalized spacial score (nSPS) is 38.8. The number of aliphatic imine (C=N–C) groups is 1. The highest BCUT2D eigenvalue weighted by molar-refractivity contribution is 6.21. The summed E-state index contributed by atoms with van der Waals surface area (Å²) < 4.78 is 54.6. The third-order valence-electron chi connectivity index (χ3n) is 6.73. The van der Waals surface area contributed by atoms with Crippen molar-refractivity contribution in [1.82, 2.24) is 21.1 Å². The third-order valence-corrected chi connectivity index (χ3v) is 7.48. The lowest BCUT2D eigenvalue weighted by Crippen LogP contribution is -2.52. The van der Waals surface area contributed by atoms with Crippen LogP contribution in [-0.2, 0) is 4.79 Å². The van der Waals surface area contributed by atoms with Gasteiger partial charge in [-0.2, -0.15) is 13.2 Å². The van der Waals surface area contributed by atoms with Gasteiger partial charge in [-0.05, 0) is 38.5 Å². The molecule has 1 amide bonds. The van der Waals surface area contributed by atoms with Crippen molar-refractivity contribution in [3.05, 3.63) is 0 Å². The average Bonchev–Trinajstić information content (AvgIpc) is 3.03. The van der Waals surface area contributed by atoms with Gasteiger partial charge in [-0.3, -0.25) is 10.1 Å². The number of alkyl halides is 6. The van der Waals surface area contributed by atoms with Gasteiger partial charge in [-0.15, -0.1) is 23.2 Å². The van der Waals surface area contributed by atoms with E-state index in [-0.39, 0.29) is 54.0 Å². The van der Waals surface area contributed by atoms with E-state index in [9.17, 15) is 22.4 Å². The van der Waals surface area contributed by atoms with E-state index in [4.69, 9.17) is 23.2 Å². The van der Waals surface area contributed by atoms with Gasteiger partial charge in [0.05, 0.1) is 0 Å². The highest BCUT2D eigenvalue weighted by atomic mass is 35.5. The smallest absolute Gasteiger partial charge is 0.353 e. The molecule has 1 heterocycles. The van der Waals surface area contributed by atoms with E-state index < -0.39 is 30.5 Å². The minimum absolute atomic E-state index is 0.0552. The summed E-state index contributed by atoms with van der Waals surface area (Å²) in [5.74, 6) is -1.43. The van der Waals surface area contributed by atoms with Gasteiger partial charge >= 0.3 is 6.18 Å². The van der Waals surface area contributed by atoms with Crippen LogP contribution in [0.5, 0.6) is 0 Å². The molecule has 3 aliphatic rings. The molecule has 0 aromatic rings. The number of guanidine groups is 1. The van der Waals surface area contributed by atoms with E-state index in [1.165, 1.54) is 11.9 Å². The predicted octanol–water partition coefficient (Wildman–Crippen LogP) is 4.08. The van der Waals surface area contributed by atoms with Crippen molar-refractivity contribution in [2.24, 2.45) is 16.8 Å². The number of nitrogens with zero attached hydrogens (tertiary/aromatic N) is 2. The minimum atomic E-state index is -4.44. The molecule has 190 valence electrons. The molecule has 2 saturated carbocycles. The molecule has 0 spiro atoms. The second-order valence-electron chi connectivity index (χ2n) is 9.38. The zero-order chi connectivity index (χ0) is 24.3. The van der Waals surface area contributed by atoms with E-state index >= 15 is 0 Å². The highest BCUT2D eigenvalue weighted by Gasteiger charge is 2.52. The Bertz CT molecular complexity index is 703. The summed E-state index contributed by atoms with van der Waals surface area (Å²) in [7, 11) is 0. The Kier molecular flexibility index (Phi) is 9.13. The second kappa shape index (κ2) is 11.3. The number of carbonyl (C=O) groups is 1. The minimum Gasteiger partial charge on any atom is -0.353 e. The molecular formula is C21H33Cl2F4N5O. The van der Waals surface area contributed by atoms with Crippen LogP contribution < -0.4 is 16.1 Å². The topological polar surface area (TPSA) is 68.8 Å². The van der Waals surface area contributed by atoms with Crippen LogP contribution in [0.25, 0.3) is 0 Å². The molecule has 2 aliphatic carbocycles. The number of carbonyl (C=O) groups excluding carboxylic acids is 1. The summed E-state index contributed by atoms with van der Waals surface area (Å²) >= 11 is 12.4. The lowest BCUT2D eigenvalue weighted by Gasteiger charge is -2.31. The van der Waals surface area contributed by atoms with Crippen LogP contribution in [0.4, 0.5) is 17.6 Å². The SMILES string of the molecule is CCN1NC(C(F)(F)F)C(C)C1/N=C(/NC(=O)C1CCCC(Cl)C1)NC1CC(F)CC(Cl)C1. The van der Waals surface area contributed by atoms with Crippen molar-refractivity contribution in [2.45, 2.75) is 100 Å². The van der Waals surface area contributed by atoms with Crippen LogP contribution in [0.1, 0.15) is 58.8 Å². The van der Waals surface area contributed by atoms with E-state index in [1.54, 1.807) is 6.92 Å². The summed E-state index contributed by atoms with van der Waals surface area (Å²) in [4.78, 5) is 17.5. The fraction of sp³-hybridized carbons (Fsp3) is 0.905. The van der Waals surface area contributed by atoms with Crippen LogP contribution >= 0.6 is 23.2 Å². The fourth-order valence-corrected chi connectivity index (χ4v) is 5.76. The van der Waals surface area contributed by atoms with Crippen LogP contribution in [0.2, 0.25) is 0 Å². The molecule has 1 aliphatic heterocycles. The Morgan fingerprint density at radius 1 is 1.15 bits per heavy atom. The third kappa shape index (κ3) is 7.08.